The molecular weight excluding hydrogens is 234 g/mol. The van der Waals surface area contributed by atoms with Gasteiger partial charge in [-0.05, 0) is 42.0 Å². The highest BCUT2D eigenvalue weighted by Gasteiger charge is 2.08. The minimum atomic E-state index is 0.403. The third-order valence-electron chi connectivity index (χ3n) is 3.15. The summed E-state index contributed by atoms with van der Waals surface area (Å²) in [6.07, 6.45) is 1.19. The Hall–Kier alpha value is -1.02. The van der Waals surface area contributed by atoms with E-state index < -0.39 is 0 Å². The zero-order valence-electron chi connectivity index (χ0n) is 13.1. The van der Waals surface area contributed by atoms with E-state index >= 15 is 0 Å². The summed E-state index contributed by atoms with van der Waals surface area (Å²) in [6, 6.07) is 8.41. The van der Waals surface area contributed by atoms with Gasteiger partial charge in [-0.3, -0.25) is 0 Å². The van der Waals surface area contributed by atoms with E-state index in [1.807, 2.05) is 0 Å². The molecule has 0 aliphatic carbocycles. The highest BCUT2D eigenvalue weighted by molar-refractivity contribution is 5.28. The van der Waals surface area contributed by atoms with Crippen molar-refractivity contribution in [1.82, 2.24) is 5.32 Å². The molecule has 0 saturated carbocycles. The average Bonchev–Trinajstić information content (AvgIpc) is 2.33. The van der Waals surface area contributed by atoms with Gasteiger partial charge in [0.25, 0.3) is 0 Å². The molecule has 19 heavy (non-hydrogen) atoms. The maximum atomic E-state index is 5.71. The van der Waals surface area contributed by atoms with Gasteiger partial charge in [-0.25, -0.2) is 0 Å². The first kappa shape index (κ1) is 16.0. The largest absolute Gasteiger partial charge is 0.492 e. The maximum absolute atomic E-state index is 5.71. The van der Waals surface area contributed by atoms with E-state index in [1.165, 1.54) is 12.0 Å². The minimum absolute atomic E-state index is 0.403. The molecule has 0 atom stereocenters. The van der Waals surface area contributed by atoms with Gasteiger partial charge in [0.15, 0.2) is 0 Å². The van der Waals surface area contributed by atoms with Crippen molar-refractivity contribution in [3.63, 3.8) is 0 Å². The Bertz CT molecular complexity index is 349. The third-order valence-corrected chi connectivity index (χ3v) is 3.15. The van der Waals surface area contributed by atoms with Crippen molar-refractivity contribution in [2.75, 3.05) is 19.7 Å². The van der Waals surface area contributed by atoms with E-state index in [9.17, 15) is 0 Å². The maximum Gasteiger partial charge on any atom is 0.119 e. The molecule has 0 aromatic heterocycles. The Morgan fingerprint density at radius 1 is 1.05 bits per heavy atom. The molecule has 0 saturated heterocycles. The topological polar surface area (TPSA) is 21.3 Å². The fraction of sp³-hybridized carbons (Fsp3) is 0.647. The van der Waals surface area contributed by atoms with Crippen LogP contribution in [0.15, 0.2) is 24.3 Å². The van der Waals surface area contributed by atoms with E-state index in [-0.39, 0.29) is 0 Å². The Labute approximate surface area is 118 Å². The van der Waals surface area contributed by atoms with Crippen LogP contribution in [0, 0.1) is 5.41 Å². The summed E-state index contributed by atoms with van der Waals surface area (Å²) >= 11 is 0. The van der Waals surface area contributed by atoms with Crippen LogP contribution in [0.3, 0.4) is 0 Å². The minimum Gasteiger partial charge on any atom is -0.492 e. The molecule has 1 aromatic rings. The molecule has 1 aromatic carbocycles. The second kappa shape index (κ2) is 7.54. The van der Waals surface area contributed by atoms with Gasteiger partial charge in [0, 0.05) is 6.54 Å². The van der Waals surface area contributed by atoms with Crippen LogP contribution in [0.25, 0.3) is 0 Å². The van der Waals surface area contributed by atoms with Gasteiger partial charge in [-0.15, -0.1) is 0 Å². The zero-order chi connectivity index (χ0) is 14.3. The summed E-state index contributed by atoms with van der Waals surface area (Å²) in [5, 5.41) is 3.42. The van der Waals surface area contributed by atoms with Crippen molar-refractivity contribution >= 4 is 0 Å². The quantitative estimate of drug-likeness (QED) is 0.744. The molecule has 0 heterocycles. The summed E-state index contributed by atoms with van der Waals surface area (Å²) in [5.74, 6) is 1.54. The van der Waals surface area contributed by atoms with E-state index in [1.54, 1.807) is 0 Å². The van der Waals surface area contributed by atoms with Crippen molar-refractivity contribution in [2.45, 2.75) is 47.0 Å². The molecule has 0 bridgehead atoms. The fourth-order valence-electron chi connectivity index (χ4n) is 1.78. The van der Waals surface area contributed by atoms with E-state index in [2.05, 4.69) is 64.2 Å². The monoisotopic (exact) mass is 263 g/mol. The lowest BCUT2D eigenvalue weighted by Crippen LogP contribution is -2.25. The molecule has 0 radical (unpaired) electrons. The number of ether oxygens (including phenoxy) is 1. The number of hydrogen-bond acceptors (Lipinski definition) is 2. The fourth-order valence-corrected chi connectivity index (χ4v) is 1.78. The molecule has 108 valence electrons. The van der Waals surface area contributed by atoms with Crippen molar-refractivity contribution in [3.8, 4) is 5.75 Å². The van der Waals surface area contributed by atoms with Crippen LogP contribution in [0.4, 0.5) is 0 Å². The first-order valence-corrected chi connectivity index (χ1v) is 7.32. The van der Waals surface area contributed by atoms with Gasteiger partial charge >= 0.3 is 0 Å². The van der Waals surface area contributed by atoms with E-state index in [4.69, 9.17) is 4.74 Å². The predicted molar refractivity (Wildman–Crippen MR) is 83.0 cm³/mol. The van der Waals surface area contributed by atoms with Crippen molar-refractivity contribution in [1.29, 1.82) is 0 Å². The predicted octanol–water partition coefficient (Wildman–Crippen LogP) is 4.21. The summed E-state index contributed by atoms with van der Waals surface area (Å²) in [7, 11) is 0. The van der Waals surface area contributed by atoms with Crippen molar-refractivity contribution in [2.24, 2.45) is 5.41 Å². The average molecular weight is 263 g/mol. The SMILES string of the molecule is CC(C)c1ccc(OCCNCCC(C)(C)C)cc1. The molecule has 0 unspecified atom stereocenters. The van der Waals surface area contributed by atoms with Crippen LogP contribution in [0.2, 0.25) is 0 Å². The van der Waals surface area contributed by atoms with Crippen molar-refractivity contribution in [3.05, 3.63) is 29.8 Å². The van der Waals surface area contributed by atoms with Crippen LogP contribution in [0.1, 0.15) is 52.5 Å². The summed E-state index contributed by atoms with van der Waals surface area (Å²) in [6.45, 7) is 13.9. The van der Waals surface area contributed by atoms with E-state index in [0.29, 0.717) is 11.3 Å². The zero-order valence-corrected chi connectivity index (χ0v) is 13.1. The number of nitrogens with one attached hydrogen (secondary N) is 1. The Morgan fingerprint density at radius 3 is 2.21 bits per heavy atom. The molecular formula is C17H29NO. The first-order valence-electron chi connectivity index (χ1n) is 7.32. The van der Waals surface area contributed by atoms with Gasteiger partial charge in [0.1, 0.15) is 12.4 Å². The highest BCUT2D eigenvalue weighted by atomic mass is 16.5. The van der Waals surface area contributed by atoms with Crippen LogP contribution < -0.4 is 10.1 Å². The lowest BCUT2D eigenvalue weighted by molar-refractivity contribution is 0.304. The Balaban J connectivity index is 2.16. The standard InChI is InChI=1S/C17H29NO/c1-14(2)15-6-8-16(9-7-15)19-13-12-18-11-10-17(3,4)5/h6-9,14,18H,10-13H2,1-5H3. The van der Waals surface area contributed by atoms with Crippen LogP contribution >= 0.6 is 0 Å². The Kier molecular flexibility index (Phi) is 6.36. The van der Waals surface area contributed by atoms with Gasteiger partial charge in [-0.1, -0.05) is 46.8 Å². The molecule has 1 N–H and O–H groups in total. The van der Waals surface area contributed by atoms with Crippen LogP contribution in [-0.4, -0.2) is 19.7 Å². The van der Waals surface area contributed by atoms with Gasteiger partial charge in [0.05, 0.1) is 0 Å². The lowest BCUT2D eigenvalue weighted by atomic mass is 9.92. The van der Waals surface area contributed by atoms with Gasteiger partial charge < -0.3 is 10.1 Å². The molecule has 0 amide bonds. The lowest BCUT2D eigenvalue weighted by Gasteiger charge is -2.18. The molecule has 1 rings (SSSR count). The summed E-state index contributed by atoms with van der Waals surface area (Å²) in [4.78, 5) is 0. The third kappa shape index (κ3) is 7.22. The number of rotatable bonds is 7. The molecule has 2 nitrogen and oxygen atoms in total. The van der Waals surface area contributed by atoms with Crippen LogP contribution in [-0.2, 0) is 0 Å². The summed E-state index contributed by atoms with van der Waals surface area (Å²) in [5.41, 5.74) is 1.76. The second-order valence-corrected chi connectivity index (χ2v) is 6.63. The molecule has 0 aliphatic rings. The van der Waals surface area contributed by atoms with Gasteiger partial charge in [-0.2, -0.15) is 0 Å². The molecule has 0 spiro atoms. The molecule has 2 heteroatoms. The van der Waals surface area contributed by atoms with Crippen molar-refractivity contribution < 1.29 is 4.74 Å². The first-order chi connectivity index (χ1) is 8.88. The number of benzene rings is 1. The smallest absolute Gasteiger partial charge is 0.119 e. The highest BCUT2D eigenvalue weighted by Crippen LogP contribution is 2.18. The van der Waals surface area contributed by atoms with E-state index in [0.717, 1.165) is 25.4 Å². The van der Waals surface area contributed by atoms with Gasteiger partial charge in [0.2, 0.25) is 0 Å². The Morgan fingerprint density at radius 2 is 1.68 bits per heavy atom. The normalized spacial score (nSPS) is 11.9. The van der Waals surface area contributed by atoms with Crippen LogP contribution in [0.5, 0.6) is 5.75 Å². The number of hydrogen-bond donors (Lipinski definition) is 1. The molecule has 0 aliphatic heterocycles. The second-order valence-electron chi connectivity index (χ2n) is 6.63. The summed E-state index contributed by atoms with van der Waals surface area (Å²) < 4.78 is 5.71. The molecule has 0 fully saturated rings.